The van der Waals surface area contributed by atoms with Crippen LogP contribution in [0.1, 0.15) is 20.8 Å². The van der Waals surface area contributed by atoms with Crippen molar-refractivity contribution in [1.29, 1.82) is 0 Å². The summed E-state index contributed by atoms with van der Waals surface area (Å²) in [7, 11) is 3.93. The SMILES string of the molecule is CC(C)C(CN)CNCC(C)(O)CN(C)C. The van der Waals surface area contributed by atoms with Gasteiger partial charge in [-0.25, -0.2) is 0 Å². The van der Waals surface area contributed by atoms with E-state index in [1.165, 1.54) is 0 Å². The first kappa shape index (κ1) is 15.8. The quantitative estimate of drug-likeness (QED) is 0.555. The predicted molar refractivity (Wildman–Crippen MR) is 69.4 cm³/mol. The van der Waals surface area contributed by atoms with Crippen LogP contribution in [0.5, 0.6) is 0 Å². The zero-order chi connectivity index (χ0) is 12.8. The lowest BCUT2D eigenvalue weighted by molar-refractivity contribution is 0.0327. The highest BCUT2D eigenvalue weighted by Gasteiger charge is 2.21. The number of nitrogens with zero attached hydrogens (tertiary/aromatic N) is 1. The average Bonchev–Trinajstić information content (AvgIpc) is 2.09. The monoisotopic (exact) mass is 231 g/mol. The fourth-order valence-corrected chi connectivity index (χ4v) is 1.86. The maximum atomic E-state index is 10.1. The van der Waals surface area contributed by atoms with Gasteiger partial charge in [-0.05, 0) is 45.9 Å². The van der Waals surface area contributed by atoms with Crippen molar-refractivity contribution >= 4 is 0 Å². The van der Waals surface area contributed by atoms with E-state index in [-0.39, 0.29) is 0 Å². The molecule has 0 aliphatic rings. The minimum atomic E-state index is -0.681. The molecule has 0 heterocycles. The molecule has 0 saturated carbocycles. The molecule has 0 amide bonds. The van der Waals surface area contributed by atoms with Crippen molar-refractivity contribution in [2.45, 2.75) is 26.4 Å². The largest absolute Gasteiger partial charge is 0.388 e. The van der Waals surface area contributed by atoms with E-state index in [1.54, 1.807) is 0 Å². The summed E-state index contributed by atoms with van der Waals surface area (Å²) in [5.74, 6) is 1.06. The van der Waals surface area contributed by atoms with Gasteiger partial charge in [0, 0.05) is 13.1 Å². The number of likely N-dealkylation sites (N-methyl/N-ethyl adjacent to an activating group) is 1. The van der Waals surface area contributed by atoms with Crippen molar-refractivity contribution in [2.24, 2.45) is 17.6 Å². The average molecular weight is 231 g/mol. The third-order valence-corrected chi connectivity index (χ3v) is 2.81. The molecule has 0 radical (unpaired) electrons. The molecular weight excluding hydrogens is 202 g/mol. The number of hydrogen-bond donors (Lipinski definition) is 3. The number of aliphatic hydroxyl groups is 1. The Morgan fingerprint density at radius 3 is 2.31 bits per heavy atom. The molecule has 0 saturated heterocycles. The summed E-state index contributed by atoms with van der Waals surface area (Å²) >= 11 is 0. The first-order valence-corrected chi connectivity index (χ1v) is 6.06. The normalized spacial score (nSPS) is 17.8. The van der Waals surface area contributed by atoms with Gasteiger partial charge in [-0.3, -0.25) is 0 Å². The summed E-state index contributed by atoms with van der Waals surface area (Å²) in [5.41, 5.74) is 5.01. The van der Waals surface area contributed by atoms with Crippen molar-refractivity contribution in [3.63, 3.8) is 0 Å². The smallest absolute Gasteiger partial charge is 0.0869 e. The van der Waals surface area contributed by atoms with E-state index in [9.17, 15) is 5.11 Å². The van der Waals surface area contributed by atoms with Gasteiger partial charge in [-0.1, -0.05) is 13.8 Å². The number of nitrogens with two attached hydrogens (primary N) is 1. The van der Waals surface area contributed by atoms with E-state index in [1.807, 2.05) is 25.9 Å². The third kappa shape index (κ3) is 7.17. The molecule has 2 atom stereocenters. The van der Waals surface area contributed by atoms with Gasteiger partial charge in [-0.15, -0.1) is 0 Å². The molecule has 0 bridgehead atoms. The maximum absolute atomic E-state index is 10.1. The molecule has 0 aromatic carbocycles. The molecule has 16 heavy (non-hydrogen) atoms. The van der Waals surface area contributed by atoms with Crippen molar-refractivity contribution in [2.75, 3.05) is 40.3 Å². The van der Waals surface area contributed by atoms with Crippen LogP contribution in [0.25, 0.3) is 0 Å². The van der Waals surface area contributed by atoms with Crippen LogP contribution < -0.4 is 11.1 Å². The van der Waals surface area contributed by atoms with Crippen LogP contribution >= 0.6 is 0 Å². The van der Waals surface area contributed by atoms with Crippen molar-refractivity contribution < 1.29 is 5.11 Å². The summed E-state index contributed by atoms with van der Waals surface area (Å²) < 4.78 is 0. The maximum Gasteiger partial charge on any atom is 0.0869 e. The Morgan fingerprint density at radius 2 is 1.94 bits per heavy atom. The summed E-state index contributed by atoms with van der Waals surface area (Å²) in [6.07, 6.45) is 0. The molecule has 4 nitrogen and oxygen atoms in total. The summed E-state index contributed by atoms with van der Waals surface area (Å²) in [5, 5.41) is 13.4. The number of nitrogens with one attached hydrogen (secondary N) is 1. The van der Waals surface area contributed by atoms with E-state index < -0.39 is 5.60 Å². The van der Waals surface area contributed by atoms with Gasteiger partial charge in [0.15, 0.2) is 0 Å². The Bertz CT molecular complexity index is 181. The molecule has 0 aliphatic carbocycles. The topological polar surface area (TPSA) is 61.5 Å². The highest BCUT2D eigenvalue weighted by atomic mass is 16.3. The summed E-state index contributed by atoms with van der Waals surface area (Å²) in [4.78, 5) is 1.99. The Hall–Kier alpha value is -0.160. The highest BCUT2D eigenvalue weighted by Crippen LogP contribution is 2.08. The first-order chi connectivity index (χ1) is 7.28. The summed E-state index contributed by atoms with van der Waals surface area (Å²) in [6, 6.07) is 0. The molecule has 98 valence electrons. The number of rotatable bonds is 8. The third-order valence-electron chi connectivity index (χ3n) is 2.81. The zero-order valence-corrected chi connectivity index (χ0v) is 11.5. The van der Waals surface area contributed by atoms with Gasteiger partial charge in [-0.2, -0.15) is 0 Å². The molecule has 0 aliphatic heterocycles. The molecular formula is C12H29N3O. The van der Waals surface area contributed by atoms with Gasteiger partial charge in [0.2, 0.25) is 0 Å². The van der Waals surface area contributed by atoms with Gasteiger partial charge < -0.3 is 21.1 Å². The number of hydrogen-bond acceptors (Lipinski definition) is 4. The van der Waals surface area contributed by atoms with Gasteiger partial charge >= 0.3 is 0 Å². The molecule has 0 aromatic rings. The van der Waals surface area contributed by atoms with E-state index in [0.29, 0.717) is 31.5 Å². The van der Waals surface area contributed by atoms with Crippen molar-refractivity contribution in [3.05, 3.63) is 0 Å². The second-order valence-corrected chi connectivity index (χ2v) is 5.61. The van der Waals surface area contributed by atoms with Crippen LogP contribution in [0, 0.1) is 11.8 Å². The standard InChI is InChI=1S/C12H29N3O/c1-10(2)11(6-13)7-14-8-12(3,16)9-15(4)5/h10-11,14,16H,6-9,13H2,1-5H3. The highest BCUT2D eigenvalue weighted by molar-refractivity contribution is 4.79. The lowest BCUT2D eigenvalue weighted by Gasteiger charge is -2.28. The zero-order valence-electron chi connectivity index (χ0n) is 11.5. The van der Waals surface area contributed by atoms with Crippen LogP contribution in [0.15, 0.2) is 0 Å². The Balaban J connectivity index is 3.87. The van der Waals surface area contributed by atoms with Crippen LogP contribution in [-0.2, 0) is 0 Å². The van der Waals surface area contributed by atoms with Crippen molar-refractivity contribution in [3.8, 4) is 0 Å². The molecule has 0 rings (SSSR count). The molecule has 0 aromatic heterocycles. The first-order valence-electron chi connectivity index (χ1n) is 6.06. The minimum absolute atomic E-state index is 0.482. The lowest BCUT2D eigenvalue weighted by atomic mass is 9.95. The van der Waals surface area contributed by atoms with Gasteiger partial charge in [0.05, 0.1) is 5.60 Å². The second-order valence-electron chi connectivity index (χ2n) is 5.61. The van der Waals surface area contributed by atoms with Crippen molar-refractivity contribution in [1.82, 2.24) is 10.2 Å². The molecule has 4 heteroatoms. The second kappa shape index (κ2) is 7.22. The molecule has 2 unspecified atom stereocenters. The Morgan fingerprint density at radius 1 is 1.38 bits per heavy atom. The van der Waals surface area contributed by atoms with Gasteiger partial charge in [0.25, 0.3) is 0 Å². The fourth-order valence-electron chi connectivity index (χ4n) is 1.86. The fraction of sp³-hybridized carbons (Fsp3) is 1.00. The minimum Gasteiger partial charge on any atom is -0.388 e. The molecule has 4 N–H and O–H groups in total. The molecule has 0 fully saturated rings. The van der Waals surface area contributed by atoms with Gasteiger partial charge in [0.1, 0.15) is 0 Å². The van der Waals surface area contributed by atoms with Crippen LogP contribution in [0.4, 0.5) is 0 Å². The molecule has 0 spiro atoms. The Kier molecular flexibility index (Phi) is 7.15. The van der Waals surface area contributed by atoms with Crippen LogP contribution in [0.3, 0.4) is 0 Å². The van der Waals surface area contributed by atoms with Crippen LogP contribution in [-0.4, -0.2) is 55.9 Å². The van der Waals surface area contributed by atoms with Crippen LogP contribution in [0.2, 0.25) is 0 Å². The summed E-state index contributed by atoms with van der Waals surface area (Å²) in [6.45, 7) is 9.04. The van der Waals surface area contributed by atoms with E-state index in [4.69, 9.17) is 5.73 Å². The van der Waals surface area contributed by atoms with E-state index in [0.717, 1.165) is 6.54 Å². The van der Waals surface area contributed by atoms with E-state index in [2.05, 4.69) is 19.2 Å². The van der Waals surface area contributed by atoms with E-state index >= 15 is 0 Å². The lowest BCUT2D eigenvalue weighted by Crippen LogP contribution is -2.47. The Labute approximate surface area is 100 Å². The predicted octanol–water partition coefficient (Wildman–Crippen LogP) is 0.120.